The van der Waals surface area contributed by atoms with E-state index >= 15 is 0 Å². The van der Waals surface area contributed by atoms with E-state index in [9.17, 15) is 9.59 Å². The number of benzene rings is 1. The lowest BCUT2D eigenvalue weighted by Gasteiger charge is -2.07. The molecule has 0 spiro atoms. The lowest BCUT2D eigenvalue weighted by Crippen LogP contribution is -2.28. The lowest BCUT2D eigenvalue weighted by atomic mass is 10.2. The number of imide groups is 1. The van der Waals surface area contributed by atoms with Crippen molar-refractivity contribution in [2.45, 2.75) is 0 Å². The smallest absolute Gasteiger partial charge is 0.294 e. The van der Waals surface area contributed by atoms with Gasteiger partial charge in [-0.1, -0.05) is 21.9 Å². The van der Waals surface area contributed by atoms with Crippen molar-refractivity contribution in [3.63, 3.8) is 0 Å². The normalized spacial score (nSPS) is 16.6. The number of methoxy groups -OCH3 is 1. The molecule has 0 atom stereocenters. The third-order valence-corrected chi connectivity index (χ3v) is 4.00. The Bertz CT molecular complexity index is 648. The highest BCUT2D eigenvalue weighted by molar-refractivity contribution is 9.10. The van der Waals surface area contributed by atoms with Gasteiger partial charge in [-0.05, 0) is 36.0 Å². The Hall–Kier alpha value is -1.71. The predicted octanol–water partition coefficient (Wildman–Crippen LogP) is 3.13. The van der Waals surface area contributed by atoms with Crippen LogP contribution in [-0.2, 0) is 4.79 Å². The fourth-order valence-electron chi connectivity index (χ4n) is 1.69. The summed E-state index contributed by atoms with van der Waals surface area (Å²) in [6.07, 6.45) is 6.78. The minimum absolute atomic E-state index is 0.0162. The van der Waals surface area contributed by atoms with Crippen LogP contribution in [0.4, 0.5) is 4.79 Å². The first-order valence-electron chi connectivity index (χ1n) is 5.59. The van der Waals surface area contributed by atoms with Crippen molar-refractivity contribution in [3.8, 4) is 18.1 Å². The minimum Gasteiger partial charge on any atom is -0.496 e. The third kappa shape index (κ3) is 2.89. The molecule has 2 rings (SSSR count). The molecule has 2 amide bonds. The summed E-state index contributed by atoms with van der Waals surface area (Å²) >= 11 is 4.23. The fraction of sp³-hybridized carbons (Fsp3) is 0.143. The third-order valence-electron chi connectivity index (χ3n) is 2.60. The SMILES string of the molecule is C#CCN1C(=O)S/C(=C\c2cc(Br)ccc2OC)C1=O. The van der Waals surface area contributed by atoms with Crippen molar-refractivity contribution in [2.24, 2.45) is 0 Å². The van der Waals surface area contributed by atoms with Gasteiger partial charge in [0.05, 0.1) is 18.6 Å². The molecule has 0 aliphatic carbocycles. The molecule has 1 aliphatic rings. The average molecular weight is 352 g/mol. The molecule has 1 aromatic rings. The zero-order valence-corrected chi connectivity index (χ0v) is 13.0. The molecule has 4 nitrogen and oxygen atoms in total. The highest BCUT2D eigenvalue weighted by atomic mass is 79.9. The van der Waals surface area contributed by atoms with Gasteiger partial charge in [0.2, 0.25) is 0 Å². The second kappa shape index (κ2) is 6.16. The van der Waals surface area contributed by atoms with Crippen LogP contribution in [0.2, 0.25) is 0 Å². The molecule has 1 fully saturated rings. The van der Waals surface area contributed by atoms with Gasteiger partial charge in [-0.25, -0.2) is 0 Å². The second-order valence-electron chi connectivity index (χ2n) is 3.86. The largest absolute Gasteiger partial charge is 0.496 e. The molecule has 20 heavy (non-hydrogen) atoms. The van der Waals surface area contributed by atoms with Crippen molar-refractivity contribution in [1.29, 1.82) is 0 Å². The van der Waals surface area contributed by atoms with Gasteiger partial charge in [0, 0.05) is 10.0 Å². The number of carbonyl (C=O) groups is 2. The molecule has 0 bridgehead atoms. The van der Waals surface area contributed by atoms with E-state index in [-0.39, 0.29) is 17.7 Å². The molecule has 0 N–H and O–H groups in total. The topological polar surface area (TPSA) is 46.6 Å². The number of terminal acetylenes is 1. The Labute approximate surface area is 129 Å². The molecule has 6 heteroatoms. The molecular formula is C14H10BrNO3S. The summed E-state index contributed by atoms with van der Waals surface area (Å²) in [6.45, 7) is -0.0162. The highest BCUT2D eigenvalue weighted by Gasteiger charge is 2.34. The summed E-state index contributed by atoms with van der Waals surface area (Å²) in [5.41, 5.74) is 0.716. The minimum atomic E-state index is -0.375. The Morgan fingerprint density at radius 2 is 2.25 bits per heavy atom. The Morgan fingerprint density at radius 1 is 1.50 bits per heavy atom. The van der Waals surface area contributed by atoms with Crippen molar-refractivity contribution in [3.05, 3.63) is 33.1 Å². The van der Waals surface area contributed by atoms with E-state index in [1.165, 1.54) is 0 Å². The molecule has 0 unspecified atom stereocenters. The van der Waals surface area contributed by atoms with Crippen LogP contribution >= 0.6 is 27.7 Å². The number of carbonyl (C=O) groups excluding carboxylic acids is 2. The van der Waals surface area contributed by atoms with Gasteiger partial charge >= 0.3 is 0 Å². The van der Waals surface area contributed by atoms with E-state index in [0.717, 1.165) is 21.1 Å². The van der Waals surface area contributed by atoms with Gasteiger partial charge in [-0.15, -0.1) is 6.42 Å². The molecule has 0 radical (unpaired) electrons. The number of thioether (sulfide) groups is 1. The highest BCUT2D eigenvalue weighted by Crippen LogP contribution is 2.34. The van der Waals surface area contributed by atoms with Crippen LogP contribution in [0.15, 0.2) is 27.6 Å². The van der Waals surface area contributed by atoms with Gasteiger partial charge in [0.15, 0.2) is 0 Å². The summed E-state index contributed by atoms with van der Waals surface area (Å²) in [7, 11) is 1.55. The Balaban J connectivity index is 2.38. The van der Waals surface area contributed by atoms with Crippen LogP contribution < -0.4 is 4.74 Å². The predicted molar refractivity (Wildman–Crippen MR) is 82.2 cm³/mol. The second-order valence-corrected chi connectivity index (χ2v) is 5.77. The summed E-state index contributed by atoms with van der Waals surface area (Å²) in [5, 5.41) is -0.354. The van der Waals surface area contributed by atoms with E-state index in [0.29, 0.717) is 16.2 Å². The number of ether oxygens (including phenoxy) is 1. The first kappa shape index (κ1) is 14.7. The van der Waals surface area contributed by atoms with Crippen LogP contribution in [0.1, 0.15) is 5.56 Å². The maximum absolute atomic E-state index is 12.1. The average Bonchev–Trinajstić information content (AvgIpc) is 2.67. The quantitative estimate of drug-likeness (QED) is 0.620. The zero-order chi connectivity index (χ0) is 14.7. The molecule has 1 heterocycles. The number of rotatable bonds is 3. The first-order chi connectivity index (χ1) is 9.56. The zero-order valence-electron chi connectivity index (χ0n) is 10.6. The number of hydrogen-bond donors (Lipinski definition) is 0. The Kier molecular flexibility index (Phi) is 4.53. The van der Waals surface area contributed by atoms with Gasteiger partial charge in [-0.3, -0.25) is 14.5 Å². The van der Waals surface area contributed by atoms with Crippen molar-refractivity contribution < 1.29 is 14.3 Å². The van der Waals surface area contributed by atoms with Crippen molar-refractivity contribution >= 4 is 44.9 Å². The van der Waals surface area contributed by atoms with Crippen LogP contribution in [0, 0.1) is 12.3 Å². The van der Waals surface area contributed by atoms with E-state index in [1.54, 1.807) is 19.3 Å². The summed E-state index contributed by atoms with van der Waals surface area (Å²) < 4.78 is 6.08. The Morgan fingerprint density at radius 3 is 2.90 bits per heavy atom. The van der Waals surface area contributed by atoms with Gasteiger partial charge in [-0.2, -0.15) is 0 Å². The summed E-state index contributed by atoms with van der Waals surface area (Å²) in [4.78, 5) is 25.1. The summed E-state index contributed by atoms with van der Waals surface area (Å²) in [5.74, 6) is 2.55. The van der Waals surface area contributed by atoms with Crippen LogP contribution in [0.25, 0.3) is 6.08 Å². The van der Waals surface area contributed by atoms with E-state index in [4.69, 9.17) is 11.2 Å². The van der Waals surface area contributed by atoms with Crippen LogP contribution in [0.5, 0.6) is 5.75 Å². The number of hydrogen-bond acceptors (Lipinski definition) is 4. The van der Waals surface area contributed by atoms with E-state index in [2.05, 4.69) is 21.9 Å². The van der Waals surface area contributed by atoms with Crippen LogP contribution in [-0.4, -0.2) is 29.7 Å². The molecule has 1 aromatic carbocycles. The number of nitrogens with zero attached hydrogens (tertiary/aromatic N) is 1. The number of halogens is 1. The molecule has 0 saturated carbocycles. The number of amides is 2. The molecule has 1 saturated heterocycles. The van der Waals surface area contributed by atoms with Crippen molar-refractivity contribution in [2.75, 3.05) is 13.7 Å². The van der Waals surface area contributed by atoms with Gasteiger partial charge < -0.3 is 4.74 Å². The van der Waals surface area contributed by atoms with Crippen molar-refractivity contribution in [1.82, 2.24) is 4.90 Å². The molecule has 0 aromatic heterocycles. The lowest BCUT2D eigenvalue weighted by molar-refractivity contribution is -0.122. The molecular weight excluding hydrogens is 342 g/mol. The van der Waals surface area contributed by atoms with Crippen LogP contribution in [0.3, 0.4) is 0 Å². The molecule has 1 aliphatic heterocycles. The first-order valence-corrected chi connectivity index (χ1v) is 7.20. The molecule has 102 valence electrons. The van der Waals surface area contributed by atoms with E-state index < -0.39 is 0 Å². The fourth-order valence-corrected chi connectivity index (χ4v) is 2.89. The van der Waals surface area contributed by atoms with Gasteiger partial charge in [0.25, 0.3) is 11.1 Å². The monoisotopic (exact) mass is 351 g/mol. The maximum Gasteiger partial charge on any atom is 0.294 e. The standard InChI is InChI=1S/C14H10BrNO3S/c1-3-6-16-13(17)12(20-14(16)18)8-9-7-10(15)4-5-11(9)19-2/h1,4-5,7-8H,6H2,2H3/b12-8-. The summed E-state index contributed by atoms with van der Waals surface area (Å²) in [6, 6.07) is 5.43. The maximum atomic E-state index is 12.1. The van der Waals surface area contributed by atoms with E-state index in [1.807, 2.05) is 12.1 Å². The van der Waals surface area contributed by atoms with Gasteiger partial charge in [0.1, 0.15) is 5.75 Å².